The van der Waals surface area contributed by atoms with Gasteiger partial charge >= 0.3 is 6.18 Å². The highest BCUT2D eigenvalue weighted by atomic mass is 19.4. The number of hydrogen-bond acceptors (Lipinski definition) is 3. The lowest BCUT2D eigenvalue weighted by atomic mass is 10.2. The molecule has 0 saturated carbocycles. The third-order valence-corrected chi connectivity index (χ3v) is 1.87. The molecule has 1 rings (SSSR count). The molecule has 0 heterocycles. The number of aliphatic hydroxyl groups excluding tert-OH is 1. The molecule has 1 unspecified atom stereocenters. The summed E-state index contributed by atoms with van der Waals surface area (Å²) < 4.78 is 53.3. The van der Waals surface area contributed by atoms with Gasteiger partial charge in [-0.25, -0.2) is 4.39 Å². The lowest BCUT2D eigenvalue weighted by molar-refractivity contribution is -0.210. The van der Waals surface area contributed by atoms with Gasteiger partial charge < -0.3 is 9.84 Å². The lowest BCUT2D eigenvalue weighted by Crippen LogP contribution is -2.34. The topological polar surface area (TPSA) is 46.5 Å². The average Bonchev–Trinajstić information content (AvgIpc) is 2.25. The Hall–Kier alpha value is -1.63. The number of halogens is 4. The summed E-state index contributed by atoms with van der Waals surface area (Å²) in [6.07, 6.45) is -7.12. The standard InChI is InChI=1S/C10H8F4O3/c11-7-3-6(4-15)1-2-8(7)17-5-9(16)10(12,13)14/h1-4,9,16H,5H2. The molecule has 1 atom stereocenters. The van der Waals surface area contributed by atoms with Crippen molar-refractivity contribution in [2.24, 2.45) is 0 Å². The van der Waals surface area contributed by atoms with Crippen LogP contribution in [0.15, 0.2) is 18.2 Å². The molecule has 1 aromatic rings. The van der Waals surface area contributed by atoms with Crippen molar-refractivity contribution >= 4 is 6.29 Å². The third kappa shape index (κ3) is 3.70. The molecule has 0 amide bonds. The van der Waals surface area contributed by atoms with Crippen LogP contribution in [0.5, 0.6) is 5.75 Å². The Balaban J connectivity index is 2.67. The number of carbonyl (C=O) groups is 1. The Morgan fingerprint density at radius 3 is 2.53 bits per heavy atom. The van der Waals surface area contributed by atoms with Gasteiger partial charge in [-0.3, -0.25) is 4.79 Å². The van der Waals surface area contributed by atoms with Crippen LogP contribution in [0, 0.1) is 5.82 Å². The second-order valence-electron chi connectivity index (χ2n) is 3.18. The summed E-state index contributed by atoms with van der Waals surface area (Å²) in [4.78, 5) is 10.3. The van der Waals surface area contributed by atoms with Crippen LogP contribution in [0.2, 0.25) is 0 Å². The van der Waals surface area contributed by atoms with Gasteiger partial charge in [0.2, 0.25) is 0 Å². The fraction of sp³-hybridized carbons (Fsp3) is 0.300. The molecular formula is C10H8F4O3. The van der Waals surface area contributed by atoms with Crippen LogP contribution >= 0.6 is 0 Å². The molecule has 0 aliphatic carbocycles. The Bertz CT molecular complexity index is 403. The summed E-state index contributed by atoms with van der Waals surface area (Å²) in [6.45, 7) is -1.11. The summed E-state index contributed by atoms with van der Waals surface area (Å²) in [5.41, 5.74) is 0.0335. The molecular weight excluding hydrogens is 244 g/mol. The van der Waals surface area contributed by atoms with Crippen LogP contribution in [0.1, 0.15) is 10.4 Å². The van der Waals surface area contributed by atoms with Gasteiger partial charge in [-0.1, -0.05) is 0 Å². The van der Waals surface area contributed by atoms with Gasteiger partial charge in [0.25, 0.3) is 0 Å². The van der Waals surface area contributed by atoms with Crippen LogP contribution < -0.4 is 4.74 Å². The molecule has 0 radical (unpaired) electrons. The maximum Gasteiger partial charge on any atom is 0.417 e. The molecule has 17 heavy (non-hydrogen) atoms. The molecule has 0 bridgehead atoms. The molecule has 0 spiro atoms. The van der Waals surface area contributed by atoms with E-state index in [1.807, 2.05) is 0 Å². The van der Waals surface area contributed by atoms with Crippen molar-refractivity contribution in [2.45, 2.75) is 12.3 Å². The van der Waals surface area contributed by atoms with Crippen LogP contribution in [0.25, 0.3) is 0 Å². The van der Waals surface area contributed by atoms with Crippen molar-refractivity contribution in [1.29, 1.82) is 0 Å². The molecule has 0 fully saturated rings. The van der Waals surface area contributed by atoms with Gasteiger partial charge in [-0.2, -0.15) is 13.2 Å². The second kappa shape index (κ2) is 5.13. The van der Waals surface area contributed by atoms with Gasteiger partial charge in [0, 0.05) is 5.56 Å². The first-order chi connectivity index (χ1) is 7.84. The minimum atomic E-state index is -4.82. The fourth-order valence-corrected chi connectivity index (χ4v) is 0.971. The van der Waals surface area contributed by atoms with Gasteiger partial charge in [0.15, 0.2) is 17.7 Å². The van der Waals surface area contributed by atoms with E-state index < -0.39 is 30.5 Å². The molecule has 0 aromatic heterocycles. The predicted molar refractivity (Wildman–Crippen MR) is 49.3 cm³/mol. The molecule has 1 N–H and O–H groups in total. The predicted octanol–water partition coefficient (Wildman–Crippen LogP) is 1.94. The number of aldehydes is 1. The fourth-order valence-electron chi connectivity index (χ4n) is 0.971. The first-order valence-corrected chi connectivity index (χ1v) is 4.47. The molecule has 3 nitrogen and oxygen atoms in total. The van der Waals surface area contributed by atoms with Crippen molar-refractivity contribution in [1.82, 2.24) is 0 Å². The Morgan fingerprint density at radius 1 is 1.41 bits per heavy atom. The molecule has 7 heteroatoms. The molecule has 94 valence electrons. The summed E-state index contributed by atoms with van der Waals surface area (Å²) in [5, 5.41) is 8.61. The van der Waals surface area contributed by atoms with Crippen LogP contribution in [0.3, 0.4) is 0 Å². The van der Waals surface area contributed by atoms with Crippen LogP contribution in [-0.4, -0.2) is 30.3 Å². The number of aliphatic hydroxyl groups is 1. The van der Waals surface area contributed by atoms with Gasteiger partial charge in [-0.05, 0) is 18.2 Å². The van der Waals surface area contributed by atoms with Gasteiger partial charge in [-0.15, -0.1) is 0 Å². The zero-order chi connectivity index (χ0) is 13.1. The summed E-state index contributed by atoms with van der Waals surface area (Å²) >= 11 is 0. The lowest BCUT2D eigenvalue weighted by Gasteiger charge is -2.15. The minimum Gasteiger partial charge on any atom is -0.487 e. The van der Waals surface area contributed by atoms with E-state index in [1.54, 1.807) is 0 Å². The largest absolute Gasteiger partial charge is 0.487 e. The van der Waals surface area contributed by atoms with E-state index in [-0.39, 0.29) is 5.56 Å². The van der Waals surface area contributed by atoms with Crippen molar-refractivity contribution in [2.75, 3.05) is 6.61 Å². The van der Waals surface area contributed by atoms with Crippen LogP contribution in [0.4, 0.5) is 17.6 Å². The Morgan fingerprint density at radius 2 is 2.06 bits per heavy atom. The average molecular weight is 252 g/mol. The quantitative estimate of drug-likeness (QED) is 0.658. The van der Waals surface area contributed by atoms with E-state index >= 15 is 0 Å². The van der Waals surface area contributed by atoms with Crippen molar-refractivity contribution in [3.63, 3.8) is 0 Å². The van der Waals surface area contributed by atoms with E-state index in [2.05, 4.69) is 4.74 Å². The monoisotopic (exact) mass is 252 g/mol. The summed E-state index contributed by atoms with van der Waals surface area (Å²) in [7, 11) is 0. The molecule has 0 saturated heterocycles. The van der Waals surface area contributed by atoms with E-state index in [1.165, 1.54) is 6.07 Å². The van der Waals surface area contributed by atoms with Gasteiger partial charge in [0.1, 0.15) is 12.9 Å². The highest BCUT2D eigenvalue weighted by molar-refractivity contribution is 5.74. The first-order valence-electron chi connectivity index (χ1n) is 4.47. The number of ether oxygens (including phenoxy) is 1. The van der Waals surface area contributed by atoms with E-state index in [4.69, 9.17) is 5.11 Å². The molecule has 0 aliphatic heterocycles. The highest BCUT2D eigenvalue weighted by Crippen LogP contribution is 2.22. The van der Waals surface area contributed by atoms with E-state index in [0.717, 1.165) is 12.1 Å². The molecule has 1 aromatic carbocycles. The Kier molecular flexibility index (Phi) is 4.06. The smallest absolute Gasteiger partial charge is 0.417 e. The normalized spacial score (nSPS) is 13.2. The second-order valence-corrected chi connectivity index (χ2v) is 3.18. The maximum absolute atomic E-state index is 13.1. The SMILES string of the molecule is O=Cc1ccc(OCC(O)C(F)(F)F)c(F)c1. The molecule has 0 aliphatic rings. The summed E-state index contributed by atoms with van der Waals surface area (Å²) in [6, 6.07) is 3.02. The van der Waals surface area contributed by atoms with E-state index in [0.29, 0.717) is 6.29 Å². The van der Waals surface area contributed by atoms with Crippen molar-refractivity contribution in [3.8, 4) is 5.75 Å². The zero-order valence-electron chi connectivity index (χ0n) is 8.37. The third-order valence-electron chi connectivity index (χ3n) is 1.87. The minimum absolute atomic E-state index is 0.0335. The van der Waals surface area contributed by atoms with E-state index in [9.17, 15) is 22.4 Å². The maximum atomic E-state index is 13.1. The van der Waals surface area contributed by atoms with Crippen molar-refractivity contribution in [3.05, 3.63) is 29.6 Å². The number of benzene rings is 1. The highest BCUT2D eigenvalue weighted by Gasteiger charge is 2.38. The number of hydrogen-bond donors (Lipinski definition) is 1. The zero-order valence-corrected chi connectivity index (χ0v) is 8.37. The van der Waals surface area contributed by atoms with Crippen molar-refractivity contribution < 1.29 is 32.2 Å². The van der Waals surface area contributed by atoms with Gasteiger partial charge in [0.05, 0.1) is 0 Å². The first kappa shape index (κ1) is 13.4. The Labute approximate surface area is 93.6 Å². The van der Waals surface area contributed by atoms with Crippen LogP contribution in [-0.2, 0) is 0 Å². The number of alkyl halides is 3. The number of carbonyl (C=O) groups excluding carboxylic acids is 1. The summed E-state index contributed by atoms with van der Waals surface area (Å²) in [5.74, 6) is -1.43. The number of rotatable bonds is 4.